The lowest BCUT2D eigenvalue weighted by Crippen LogP contribution is -2.24. The van der Waals surface area contributed by atoms with Gasteiger partial charge in [-0.3, -0.25) is 0 Å². The summed E-state index contributed by atoms with van der Waals surface area (Å²) < 4.78 is 10.3. The lowest BCUT2D eigenvalue weighted by atomic mass is 9.84. The Labute approximate surface area is 131 Å². The number of esters is 1. The molecule has 0 radical (unpaired) electrons. The molecule has 1 aliphatic carbocycles. The van der Waals surface area contributed by atoms with Crippen molar-refractivity contribution in [1.29, 1.82) is 0 Å². The van der Waals surface area contributed by atoms with Gasteiger partial charge >= 0.3 is 5.97 Å². The highest BCUT2D eigenvalue weighted by molar-refractivity contribution is 5.81. The number of benzene rings is 1. The zero-order valence-corrected chi connectivity index (χ0v) is 12.9. The molecule has 0 aliphatic heterocycles. The fourth-order valence-corrected chi connectivity index (χ4v) is 2.75. The molecule has 22 heavy (non-hydrogen) atoms. The molecule has 1 aliphatic rings. The molecular weight excluding hydrogens is 280 g/mol. The Morgan fingerprint density at radius 1 is 1.23 bits per heavy atom. The third kappa shape index (κ3) is 5.19. The predicted octanol–water partition coefficient (Wildman–Crippen LogP) is 3.20. The van der Waals surface area contributed by atoms with E-state index in [0.29, 0.717) is 11.7 Å². The monoisotopic (exact) mass is 304 g/mol. The van der Waals surface area contributed by atoms with Crippen LogP contribution in [0, 0.1) is 0 Å². The van der Waals surface area contributed by atoms with Crippen LogP contribution in [0.1, 0.15) is 43.6 Å². The van der Waals surface area contributed by atoms with Gasteiger partial charge in [-0.1, -0.05) is 38.0 Å². The number of aliphatic hydroxyl groups is 1. The molecule has 120 valence electrons. The van der Waals surface area contributed by atoms with E-state index >= 15 is 0 Å². The number of hydrogen-bond acceptors (Lipinski definition) is 4. The van der Waals surface area contributed by atoms with Crippen LogP contribution in [0.5, 0.6) is 5.75 Å². The van der Waals surface area contributed by atoms with Crippen molar-refractivity contribution in [3.63, 3.8) is 0 Å². The largest absolute Gasteiger partial charge is 0.491 e. The molecule has 1 atom stereocenters. The van der Waals surface area contributed by atoms with E-state index in [-0.39, 0.29) is 13.2 Å². The molecule has 4 nitrogen and oxygen atoms in total. The van der Waals surface area contributed by atoms with Crippen molar-refractivity contribution in [2.24, 2.45) is 0 Å². The van der Waals surface area contributed by atoms with Gasteiger partial charge in [0.05, 0.1) is 0 Å². The molecule has 1 fully saturated rings. The summed E-state index contributed by atoms with van der Waals surface area (Å²) in [6.45, 7) is 3.29. The standard InChI is InChI=1S/C18H24O4/c1-2-18(20)22-13-16(19)12-21-17-10-8-15(9-11-17)14-6-4-3-5-7-14/h2,8-11,14,16,19H,1,3-7,12-13H2. The van der Waals surface area contributed by atoms with E-state index in [1.807, 2.05) is 12.1 Å². The quantitative estimate of drug-likeness (QED) is 0.621. The Morgan fingerprint density at radius 3 is 2.55 bits per heavy atom. The average Bonchev–Trinajstić information content (AvgIpc) is 2.59. The number of ether oxygens (including phenoxy) is 2. The van der Waals surface area contributed by atoms with Crippen LogP contribution in [0.3, 0.4) is 0 Å². The van der Waals surface area contributed by atoms with Crippen molar-refractivity contribution in [3.05, 3.63) is 42.5 Å². The Balaban J connectivity index is 1.76. The van der Waals surface area contributed by atoms with Gasteiger partial charge in [-0.25, -0.2) is 4.79 Å². The molecule has 0 heterocycles. The Kier molecular flexibility index (Phi) is 6.46. The van der Waals surface area contributed by atoms with E-state index in [2.05, 4.69) is 18.7 Å². The highest BCUT2D eigenvalue weighted by atomic mass is 16.5. The second-order valence-electron chi connectivity index (χ2n) is 5.70. The maximum absolute atomic E-state index is 10.9. The molecule has 1 unspecified atom stereocenters. The van der Waals surface area contributed by atoms with Crippen LogP contribution >= 0.6 is 0 Å². The average molecular weight is 304 g/mol. The summed E-state index contributed by atoms with van der Waals surface area (Å²) in [7, 11) is 0. The summed E-state index contributed by atoms with van der Waals surface area (Å²) in [5.41, 5.74) is 1.37. The minimum Gasteiger partial charge on any atom is -0.491 e. The number of carbonyl (C=O) groups is 1. The zero-order chi connectivity index (χ0) is 15.8. The predicted molar refractivity (Wildman–Crippen MR) is 84.9 cm³/mol. The molecule has 4 heteroatoms. The molecule has 0 aromatic heterocycles. The molecule has 0 amide bonds. The van der Waals surface area contributed by atoms with E-state index < -0.39 is 12.1 Å². The normalized spacial score (nSPS) is 16.8. The molecule has 0 saturated heterocycles. The molecule has 0 spiro atoms. The third-order valence-electron chi connectivity index (χ3n) is 3.98. The van der Waals surface area contributed by atoms with Gasteiger partial charge in [0.15, 0.2) is 0 Å². The Bertz CT molecular complexity index is 474. The lowest BCUT2D eigenvalue weighted by Gasteiger charge is -2.22. The summed E-state index contributed by atoms with van der Waals surface area (Å²) in [6.07, 6.45) is 6.75. The Morgan fingerprint density at radius 2 is 1.91 bits per heavy atom. The van der Waals surface area contributed by atoms with Gasteiger partial charge in [0, 0.05) is 6.08 Å². The fourth-order valence-electron chi connectivity index (χ4n) is 2.75. The molecule has 1 aromatic carbocycles. The van der Waals surface area contributed by atoms with Crippen molar-refractivity contribution in [2.75, 3.05) is 13.2 Å². The van der Waals surface area contributed by atoms with Gasteiger partial charge in [0.1, 0.15) is 25.1 Å². The van der Waals surface area contributed by atoms with E-state index in [1.54, 1.807) is 0 Å². The topological polar surface area (TPSA) is 55.8 Å². The summed E-state index contributed by atoms with van der Waals surface area (Å²) >= 11 is 0. The number of rotatable bonds is 7. The molecule has 1 aromatic rings. The fraction of sp³-hybridized carbons (Fsp3) is 0.500. The summed E-state index contributed by atoms with van der Waals surface area (Å²) in [5, 5.41) is 9.68. The van der Waals surface area contributed by atoms with Crippen LogP contribution in [0.4, 0.5) is 0 Å². The van der Waals surface area contributed by atoms with Gasteiger partial charge < -0.3 is 14.6 Å². The number of carbonyl (C=O) groups excluding carboxylic acids is 1. The van der Waals surface area contributed by atoms with Crippen molar-refractivity contribution < 1.29 is 19.4 Å². The van der Waals surface area contributed by atoms with E-state index in [1.165, 1.54) is 37.7 Å². The molecule has 2 rings (SSSR count). The van der Waals surface area contributed by atoms with Crippen LogP contribution in [-0.4, -0.2) is 30.4 Å². The maximum atomic E-state index is 10.9. The molecule has 1 saturated carbocycles. The SMILES string of the molecule is C=CC(=O)OCC(O)COc1ccc(C2CCCCC2)cc1. The minimum atomic E-state index is -0.845. The first-order valence-electron chi connectivity index (χ1n) is 7.89. The molecule has 1 N–H and O–H groups in total. The first kappa shape index (κ1) is 16.6. The van der Waals surface area contributed by atoms with Gasteiger partial charge in [0.25, 0.3) is 0 Å². The van der Waals surface area contributed by atoms with Gasteiger partial charge in [0.2, 0.25) is 0 Å². The highest BCUT2D eigenvalue weighted by Gasteiger charge is 2.15. The first-order chi connectivity index (χ1) is 10.7. The van der Waals surface area contributed by atoms with Crippen LogP contribution in [0.15, 0.2) is 36.9 Å². The zero-order valence-electron chi connectivity index (χ0n) is 12.9. The van der Waals surface area contributed by atoms with Gasteiger partial charge in [-0.15, -0.1) is 0 Å². The molecular formula is C18H24O4. The second kappa shape index (κ2) is 8.59. The summed E-state index contributed by atoms with van der Waals surface area (Å²) in [6, 6.07) is 8.09. The van der Waals surface area contributed by atoms with Crippen LogP contribution < -0.4 is 4.74 Å². The number of aliphatic hydroxyl groups excluding tert-OH is 1. The van der Waals surface area contributed by atoms with E-state index in [4.69, 9.17) is 9.47 Å². The van der Waals surface area contributed by atoms with Crippen molar-refractivity contribution >= 4 is 5.97 Å². The van der Waals surface area contributed by atoms with E-state index in [9.17, 15) is 9.90 Å². The van der Waals surface area contributed by atoms with Crippen LogP contribution in [0.25, 0.3) is 0 Å². The summed E-state index contributed by atoms with van der Waals surface area (Å²) in [5.74, 6) is 0.844. The van der Waals surface area contributed by atoms with Gasteiger partial charge in [-0.05, 0) is 36.5 Å². The first-order valence-corrected chi connectivity index (χ1v) is 7.89. The number of hydrogen-bond donors (Lipinski definition) is 1. The molecule has 0 bridgehead atoms. The van der Waals surface area contributed by atoms with Gasteiger partial charge in [-0.2, -0.15) is 0 Å². The summed E-state index contributed by atoms with van der Waals surface area (Å²) in [4.78, 5) is 10.9. The van der Waals surface area contributed by atoms with Crippen LogP contribution in [0.2, 0.25) is 0 Å². The lowest BCUT2D eigenvalue weighted by molar-refractivity contribution is -0.141. The van der Waals surface area contributed by atoms with Crippen molar-refractivity contribution in [1.82, 2.24) is 0 Å². The van der Waals surface area contributed by atoms with E-state index in [0.717, 1.165) is 6.08 Å². The second-order valence-corrected chi connectivity index (χ2v) is 5.70. The van der Waals surface area contributed by atoms with Crippen molar-refractivity contribution in [2.45, 2.75) is 44.1 Å². The van der Waals surface area contributed by atoms with Crippen LogP contribution in [-0.2, 0) is 9.53 Å². The third-order valence-corrected chi connectivity index (χ3v) is 3.98. The Hall–Kier alpha value is -1.81. The van der Waals surface area contributed by atoms with Crippen molar-refractivity contribution in [3.8, 4) is 5.75 Å². The smallest absolute Gasteiger partial charge is 0.330 e. The highest BCUT2D eigenvalue weighted by Crippen LogP contribution is 2.33. The maximum Gasteiger partial charge on any atom is 0.330 e. The minimum absolute atomic E-state index is 0.0905.